The zero-order valence-corrected chi connectivity index (χ0v) is 9.30. The van der Waals surface area contributed by atoms with Gasteiger partial charge in [0.1, 0.15) is 5.38 Å². The first-order valence-electron chi connectivity index (χ1n) is 4.48. The van der Waals surface area contributed by atoms with Crippen LogP contribution in [-0.2, 0) is 18.3 Å². The monoisotopic (exact) mass is 215 g/mol. The first-order chi connectivity index (χ1) is 6.60. The molecule has 1 amide bonds. The van der Waals surface area contributed by atoms with E-state index < -0.39 is 5.38 Å². The predicted octanol–water partition coefficient (Wildman–Crippen LogP) is 1.01. The van der Waals surface area contributed by atoms with Gasteiger partial charge in [-0.15, -0.1) is 11.6 Å². The Bertz CT molecular complexity index is 335. The number of carbonyl (C=O) groups excluding carboxylic acids is 1. The van der Waals surface area contributed by atoms with Gasteiger partial charge in [-0.1, -0.05) is 6.92 Å². The third-order valence-electron chi connectivity index (χ3n) is 2.02. The summed E-state index contributed by atoms with van der Waals surface area (Å²) in [6.07, 6.45) is 2.56. The maximum absolute atomic E-state index is 11.3. The van der Waals surface area contributed by atoms with Gasteiger partial charge in [-0.2, -0.15) is 5.10 Å². The van der Waals surface area contributed by atoms with E-state index in [-0.39, 0.29) is 5.91 Å². The zero-order valence-electron chi connectivity index (χ0n) is 8.54. The van der Waals surface area contributed by atoms with Gasteiger partial charge in [0.25, 0.3) is 0 Å². The molecule has 1 aromatic heterocycles. The molecule has 1 aromatic rings. The second-order valence-electron chi connectivity index (χ2n) is 3.04. The van der Waals surface area contributed by atoms with Gasteiger partial charge in [0.2, 0.25) is 5.91 Å². The molecule has 1 N–H and O–H groups in total. The minimum Gasteiger partial charge on any atom is -0.358 e. The van der Waals surface area contributed by atoms with Gasteiger partial charge in [0.05, 0.1) is 5.69 Å². The Morgan fingerprint density at radius 2 is 2.43 bits per heavy atom. The quantitative estimate of drug-likeness (QED) is 0.765. The van der Waals surface area contributed by atoms with E-state index in [9.17, 15) is 4.79 Å². The van der Waals surface area contributed by atoms with E-state index in [0.29, 0.717) is 0 Å². The standard InChI is InChI=1S/C9H14ClN3O/c1-4-7-6(5-13(3)12-7)8(10)9(14)11-2/h5,8H,4H2,1-3H3,(H,11,14). The van der Waals surface area contributed by atoms with Gasteiger partial charge in [-0.25, -0.2) is 0 Å². The Morgan fingerprint density at radius 1 is 1.79 bits per heavy atom. The first kappa shape index (κ1) is 11.0. The average Bonchev–Trinajstić information content (AvgIpc) is 2.57. The lowest BCUT2D eigenvalue weighted by Gasteiger charge is -2.06. The number of carbonyl (C=O) groups is 1. The predicted molar refractivity (Wildman–Crippen MR) is 55.2 cm³/mol. The highest BCUT2D eigenvalue weighted by atomic mass is 35.5. The Labute approximate surface area is 88.2 Å². The molecule has 0 saturated carbocycles. The van der Waals surface area contributed by atoms with Crippen molar-refractivity contribution in [1.29, 1.82) is 0 Å². The minimum atomic E-state index is -0.649. The fourth-order valence-electron chi connectivity index (χ4n) is 1.31. The van der Waals surface area contributed by atoms with Crippen molar-refractivity contribution < 1.29 is 4.79 Å². The van der Waals surface area contributed by atoms with E-state index in [0.717, 1.165) is 17.7 Å². The lowest BCUT2D eigenvalue weighted by Crippen LogP contribution is -2.22. The molecular formula is C9H14ClN3O. The second kappa shape index (κ2) is 4.46. The molecule has 5 heteroatoms. The maximum Gasteiger partial charge on any atom is 0.242 e. The van der Waals surface area contributed by atoms with Crippen molar-refractivity contribution in [3.8, 4) is 0 Å². The number of aromatic nitrogens is 2. The summed E-state index contributed by atoms with van der Waals surface area (Å²) in [6.45, 7) is 1.99. The highest BCUT2D eigenvalue weighted by molar-refractivity contribution is 6.30. The number of nitrogens with one attached hydrogen (secondary N) is 1. The van der Waals surface area contributed by atoms with E-state index in [1.54, 1.807) is 17.9 Å². The number of likely N-dealkylation sites (N-methyl/N-ethyl adjacent to an activating group) is 1. The van der Waals surface area contributed by atoms with Crippen LogP contribution in [0.4, 0.5) is 0 Å². The van der Waals surface area contributed by atoms with Crippen LogP contribution in [0.1, 0.15) is 23.6 Å². The topological polar surface area (TPSA) is 46.9 Å². The summed E-state index contributed by atoms with van der Waals surface area (Å²) < 4.78 is 1.67. The molecule has 0 spiro atoms. The van der Waals surface area contributed by atoms with Crippen LogP contribution < -0.4 is 5.32 Å². The highest BCUT2D eigenvalue weighted by Gasteiger charge is 2.21. The van der Waals surface area contributed by atoms with Gasteiger partial charge in [0, 0.05) is 25.9 Å². The van der Waals surface area contributed by atoms with Crippen molar-refractivity contribution in [2.75, 3.05) is 7.05 Å². The van der Waals surface area contributed by atoms with Crippen molar-refractivity contribution in [3.63, 3.8) is 0 Å². The summed E-state index contributed by atoms with van der Waals surface area (Å²) in [5.74, 6) is -0.200. The van der Waals surface area contributed by atoms with Gasteiger partial charge < -0.3 is 5.32 Å². The average molecular weight is 216 g/mol. The first-order valence-corrected chi connectivity index (χ1v) is 4.91. The Hall–Kier alpha value is -1.03. The third-order valence-corrected chi connectivity index (χ3v) is 2.46. The summed E-state index contributed by atoms with van der Waals surface area (Å²) in [4.78, 5) is 11.3. The van der Waals surface area contributed by atoms with E-state index in [4.69, 9.17) is 11.6 Å². The van der Waals surface area contributed by atoms with Crippen LogP contribution in [0.25, 0.3) is 0 Å². The molecule has 0 bridgehead atoms. The van der Waals surface area contributed by atoms with Crippen molar-refractivity contribution in [1.82, 2.24) is 15.1 Å². The van der Waals surface area contributed by atoms with Crippen LogP contribution in [0, 0.1) is 0 Å². The molecule has 0 radical (unpaired) electrons. The van der Waals surface area contributed by atoms with Crippen molar-refractivity contribution in [2.45, 2.75) is 18.7 Å². The lowest BCUT2D eigenvalue weighted by atomic mass is 10.1. The third kappa shape index (κ3) is 2.07. The van der Waals surface area contributed by atoms with Crippen LogP contribution in [-0.4, -0.2) is 22.7 Å². The molecule has 1 unspecified atom stereocenters. The number of hydrogen-bond acceptors (Lipinski definition) is 2. The van der Waals surface area contributed by atoms with E-state index in [2.05, 4.69) is 10.4 Å². The molecule has 0 saturated heterocycles. The van der Waals surface area contributed by atoms with Gasteiger partial charge in [-0.3, -0.25) is 9.48 Å². The summed E-state index contributed by atoms with van der Waals surface area (Å²) in [5, 5.41) is 6.09. The molecule has 0 aliphatic rings. The van der Waals surface area contributed by atoms with E-state index in [1.165, 1.54) is 0 Å². The number of alkyl halides is 1. The molecule has 1 rings (SSSR count). The van der Waals surface area contributed by atoms with Gasteiger partial charge in [-0.05, 0) is 6.42 Å². The summed E-state index contributed by atoms with van der Waals surface area (Å²) in [6, 6.07) is 0. The van der Waals surface area contributed by atoms with E-state index >= 15 is 0 Å². The maximum atomic E-state index is 11.3. The number of amides is 1. The number of rotatable bonds is 3. The smallest absolute Gasteiger partial charge is 0.242 e. The van der Waals surface area contributed by atoms with Crippen molar-refractivity contribution >= 4 is 17.5 Å². The Balaban J connectivity index is 2.98. The SMILES string of the molecule is CCc1nn(C)cc1C(Cl)C(=O)NC. The molecular weight excluding hydrogens is 202 g/mol. The second-order valence-corrected chi connectivity index (χ2v) is 3.47. The highest BCUT2D eigenvalue weighted by Crippen LogP contribution is 2.23. The number of aryl methyl sites for hydroxylation is 2. The Morgan fingerprint density at radius 3 is 2.93 bits per heavy atom. The Kier molecular flexibility index (Phi) is 3.52. The molecule has 1 atom stereocenters. The normalized spacial score (nSPS) is 12.6. The largest absolute Gasteiger partial charge is 0.358 e. The number of nitrogens with zero attached hydrogens (tertiary/aromatic N) is 2. The van der Waals surface area contributed by atoms with Gasteiger partial charge >= 0.3 is 0 Å². The molecule has 0 aliphatic heterocycles. The molecule has 14 heavy (non-hydrogen) atoms. The van der Waals surface area contributed by atoms with Crippen LogP contribution >= 0.6 is 11.6 Å². The minimum absolute atomic E-state index is 0.200. The van der Waals surface area contributed by atoms with Crippen LogP contribution in [0.3, 0.4) is 0 Å². The van der Waals surface area contributed by atoms with Crippen molar-refractivity contribution in [2.24, 2.45) is 7.05 Å². The fraction of sp³-hybridized carbons (Fsp3) is 0.556. The molecule has 1 heterocycles. The fourth-order valence-corrected chi connectivity index (χ4v) is 1.60. The van der Waals surface area contributed by atoms with Crippen LogP contribution in [0.15, 0.2) is 6.20 Å². The number of hydrogen-bond donors (Lipinski definition) is 1. The number of halogens is 1. The van der Waals surface area contributed by atoms with Crippen molar-refractivity contribution in [3.05, 3.63) is 17.5 Å². The van der Waals surface area contributed by atoms with Crippen LogP contribution in [0.2, 0.25) is 0 Å². The molecule has 0 aromatic carbocycles. The van der Waals surface area contributed by atoms with Crippen LogP contribution in [0.5, 0.6) is 0 Å². The summed E-state index contributed by atoms with van der Waals surface area (Å²) in [7, 11) is 3.38. The van der Waals surface area contributed by atoms with Gasteiger partial charge in [0.15, 0.2) is 0 Å². The zero-order chi connectivity index (χ0) is 10.7. The molecule has 78 valence electrons. The molecule has 0 fully saturated rings. The van der Waals surface area contributed by atoms with E-state index in [1.807, 2.05) is 14.0 Å². The summed E-state index contributed by atoms with van der Waals surface area (Å²) in [5.41, 5.74) is 1.66. The lowest BCUT2D eigenvalue weighted by molar-refractivity contribution is -0.120. The molecule has 4 nitrogen and oxygen atoms in total. The molecule has 0 aliphatic carbocycles. The summed E-state index contributed by atoms with van der Waals surface area (Å²) >= 11 is 5.99.